The summed E-state index contributed by atoms with van der Waals surface area (Å²) in [4.78, 5) is 37.5. The van der Waals surface area contributed by atoms with Crippen LogP contribution in [0.3, 0.4) is 0 Å². The molecule has 0 bridgehead atoms. The van der Waals surface area contributed by atoms with E-state index < -0.39 is 11.9 Å². The van der Waals surface area contributed by atoms with Crippen molar-refractivity contribution in [3.8, 4) is 0 Å². The van der Waals surface area contributed by atoms with Gasteiger partial charge >= 0.3 is 5.97 Å². The summed E-state index contributed by atoms with van der Waals surface area (Å²) >= 11 is 5.87. The average molecular weight is 389 g/mol. The molecule has 0 atom stereocenters. The van der Waals surface area contributed by atoms with Gasteiger partial charge in [-0.25, -0.2) is 4.79 Å². The van der Waals surface area contributed by atoms with Crippen molar-refractivity contribution in [2.75, 3.05) is 25.5 Å². The summed E-state index contributed by atoms with van der Waals surface area (Å²) in [5.74, 6) is -1.14. The molecule has 142 valence electrons. The monoisotopic (exact) mass is 388 g/mol. The summed E-state index contributed by atoms with van der Waals surface area (Å²) in [7, 11) is 1.27. The van der Waals surface area contributed by atoms with E-state index in [1.165, 1.54) is 18.9 Å². The van der Waals surface area contributed by atoms with Crippen LogP contribution in [0, 0.1) is 0 Å². The lowest BCUT2D eigenvalue weighted by Gasteiger charge is -2.21. The van der Waals surface area contributed by atoms with E-state index >= 15 is 0 Å². The summed E-state index contributed by atoms with van der Waals surface area (Å²) in [5, 5.41) is 3.31. The molecule has 0 heterocycles. The average Bonchev–Trinajstić information content (AvgIpc) is 2.66. The molecule has 0 radical (unpaired) electrons. The summed E-state index contributed by atoms with van der Waals surface area (Å²) in [6.45, 7) is 1.69. The number of benzene rings is 2. The molecular formula is C20H21ClN2O4. The van der Waals surface area contributed by atoms with Crippen molar-refractivity contribution in [2.45, 2.75) is 13.3 Å². The van der Waals surface area contributed by atoms with Crippen LogP contribution in [0.15, 0.2) is 48.5 Å². The smallest absolute Gasteiger partial charge is 0.339 e. The summed E-state index contributed by atoms with van der Waals surface area (Å²) in [6, 6.07) is 13.9. The number of para-hydroxylation sites is 1. The highest BCUT2D eigenvalue weighted by Gasteiger charge is 2.17. The number of nitrogens with zero attached hydrogens (tertiary/aromatic N) is 1. The number of anilines is 1. The minimum atomic E-state index is -0.544. The summed E-state index contributed by atoms with van der Waals surface area (Å²) < 4.78 is 4.71. The highest BCUT2D eigenvalue weighted by atomic mass is 35.5. The minimum absolute atomic E-state index is 0.113. The highest BCUT2D eigenvalue weighted by molar-refractivity contribution is 6.30. The number of carbonyl (C=O) groups is 3. The van der Waals surface area contributed by atoms with E-state index in [1.807, 2.05) is 12.1 Å². The quantitative estimate of drug-likeness (QED) is 0.739. The fraction of sp³-hybridized carbons (Fsp3) is 0.250. The lowest BCUT2D eigenvalue weighted by molar-refractivity contribution is -0.132. The van der Waals surface area contributed by atoms with Crippen LogP contribution in [0.5, 0.6) is 0 Å². The Morgan fingerprint density at radius 2 is 1.74 bits per heavy atom. The molecule has 0 aliphatic heterocycles. The molecule has 7 heteroatoms. The predicted octanol–water partition coefficient (Wildman–Crippen LogP) is 3.16. The second-order valence-corrected chi connectivity index (χ2v) is 6.34. The first-order valence-corrected chi connectivity index (χ1v) is 8.75. The number of methoxy groups -OCH3 is 1. The molecule has 0 fully saturated rings. The molecule has 2 aromatic rings. The fourth-order valence-electron chi connectivity index (χ4n) is 2.51. The number of hydrogen-bond donors (Lipinski definition) is 1. The van der Waals surface area contributed by atoms with Crippen LogP contribution in [0.25, 0.3) is 0 Å². The third-order valence-corrected chi connectivity index (χ3v) is 4.22. The van der Waals surface area contributed by atoms with Gasteiger partial charge in [0, 0.05) is 18.5 Å². The largest absolute Gasteiger partial charge is 0.465 e. The Morgan fingerprint density at radius 1 is 1.07 bits per heavy atom. The number of halogens is 1. The van der Waals surface area contributed by atoms with E-state index in [0.717, 1.165) is 5.56 Å². The lowest BCUT2D eigenvalue weighted by atomic mass is 10.1. The second kappa shape index (κ2) is 9.73. The van der Waals surface area contributed by atoms with Crippen molar-refractivity contribution in [1.82, 2.24) is 4.90 Å². The van der Waals surface area contributed by atoms with E-state index in [4.69, 9.17) is 16.3 Å². The van der Waals surface area contributed by atoms with E-state index in [2.05, 4.69) is 5.32 Å². The molecule has 0 aliphatic rings. The predicted molar refractivity (Wildman–Crippen MR) is 104 cm³/mol. The standard InChI is InChI=1S/C20H21ClN2O4/c1-14(24)23(12-11-15-7-9-16(21)10-8-15)13-19(25)22-18-6-4-3-5-17(18)20(26)27-2/h3-10H,11-13H2,1-2H3,(H,22,25). The van der Waals surface area contributed by atoms with Gasteiger partial charge in [0.2, 0.25) is 11.8 Å². The molecule has 0 saturated heterocycles. The normalized spacial score (nSPS) is 10.2. The molecule has 2 rings (SSSR count). The van der Waals surface area contributed by atoms with Crippen LogP contribution in [0.1, 0.15) is 22.8 Å². The Balaban J connectivity index is 2.00. The third kappa shape index (κ3) is 6.11. The molecule has 0 spiro atoms. The van der Waals surface area contributed by atoms with Crippen molar-refractivity contribution in [3.05, 3.63) is 64.7 Å². The van der Waals surface area contributed by atoms with Gasteiger partial charge in [-0.05, 0) is 36.2 Å². The van der Waals surface area contributed by atoms with Crippen LogP contribution >= 0.6 is 11.6 Å². The van der Waals surface area contributed by atoms with Gasteiger partial charge in [0.15, 0.2) is 0 Å². The Bertz CT molecular complexity index is 821. The minimum Gasteiger partial charge on any atom is -0.465 e. The number of nitrogens with one attached hydrogen (secondary N) is 1. The molecule has 27 heavy (non-hydrogen) atoms. The molecule has 2 aromatic carbocycles. The third-order valence-electron chi connectivity index (χ3n) is 3.97. The van der Waals surface area contributed by atoms with Gasteiger partial charge in [-0.15, -0.1) is 0 Å². The van der Waals surface area contributed by atoms with E-state index in [1.54, 1.807) is 36.4 Å². The molecule has 0 saturated carbocycles. The Labute approximate surface area is 163 Å². The Hall–Kier alpha value is -2.86. The van der Waals surface area contributed by atoms with Gasteiger partial charge in [-0.2, -0.15) is 0 Å². The van der Waals surface area contributed by atoms with Crippen molar-refractivity contribution in [1.29, 1.82) is 0 Å². The number of amides is 2. The van der Waals surface area contributed by atoms with Crippen molar-refractivity contribution >= 4 is 35.1 Å². The van der Waals surface area contributed by atoms with Gasteiger partial charge in [0.05, 0.1) is 24.9 Å². The van der Waals surface area contributed by atoms with Crippen molar-refractivity contribution in [3.63, 3.8) is 0 Å². The van der Waals surface area contributed by atoms with E-state index in [0.29, 0.717) is 23.7 Å². The van der Waals surface area contributed by atoms with Crippen LogP contribution < -0.4 is 5.32 Å². The zero-order valence-electron chi connectivity index (χ0n) is 15.2. The molecule has 0 aromatic heterocycles. The van der Waals surface area contributed by atoms with Gasteiger partial charge in [-0.1, -0.05) is 35.9 Å². The zero-order chi connectivity index (χ0) is 19.8. The number of carbonyl (C=O) groups excluding carboxylic acids is 3. The van der Waals surface area contributed by atoms with E-state index in [9.17, 15) is 14.4 Å². The number of ether oxygens (including phenoxy) is 1. The second-order valence-electron chi connectivity index (χ2n) is 5.90. The van der Waals surface area contributed by atoms with E-state index in [-0.39, 0.29) is 18.0 Å². The molecule has 0 aliphatic carbocycles. The van der Waals surface area contributed by atoms with Crippen LogP contribution in [0.2, 0.25) is 5.02 Å². The SMILES string of the molecule is COC(=O)c1ccccc1NC(=O)CN(CCc1ccc(Cl)cc1)C(C)=O. The van der Waals surface area contributed by atoms with Crippen molar-refractivity contribution < 1.29 is 19.1 Å². The maximum absolute atomic E-state index is 12.4. The number of esters is 1. The summed E-state index contributed by atoms with van der Waals surface area (Å²) in [6.07, 6.45) is 0.600. The first-order valence-electron chi connectivity index (χ1n) is 8.38. The molecule has 1 N–H and O–H groups in total. The van der Waals surface area contributed by atoms with Crippen molar-refractivity contribution in [2.24, 2.45) is 0 Å². The van der Waals surface area contributed by atoms with Crippen LogP contribution in [-0.2, 0) is 20.7 Å². The molecule has 6 nitrogen and oxygen atoms in total. The van der Waals surface area contributed by atoms with Gasteiger partial charge in [-0.3, -0.25) is 9.59 Å². The first-order chi connectivity index (χ1) is 12.9. The van der Waals surface area contributed by atoms with Gasteiger partial charge in [0.1, 0.15) is 0 Å². The Kier molecular flexibility index (Phi) is 7.37. The molecule has 2 amide bonds. The van der Waals surface area contributed by atoms with Crippen LogP contribution in [0.4, 0.5) is 5.69 Å². The van der Waals surface area contributed by atoms with Gasteiger partial charge in [0.25, 0.3) is 0 Å². The maximum Gasteiger partial charge on any atom is 0.339 e. The fourth-order valence-corrected chi connectivity index (χ4v) is 2.63. The summed E-state index contributed by atoms with van der Waals surface area (Å²) in [5.41, 5.74) is 1.61. The first kappa shape index (κ1) is 20.5. The Morgan fingerprint density at radius 3 is 2.37 bits per heavy atom. The van der Waals surface area contributed by atoms with Gasteiger partial charge < -0.3 is 15.0 Å². The molecular weight excluding hydrogens is 368 g/mol. The lowest BCUT2D eigenvalue weighted by Crippen LogP contribution is -2.38. The number of hydrogen-bond acceptors (Lipinski definition) is 4. The van der Waals surface area contributed by atoms with Crippen LogP contribution in [-0.4, -0.2) is 42.9 Å². The maximum atomic E-state index is 12.4. The zero-order valence-corrected chi connectivity index (χ0v) is 16.0. The topological polar surface area (TPSA) is 75.7 Å². The molecule has 0 unspecified atom stereocenters. The highest BCUT2D eigenvalue weighted by Crippen LogP contribution is 2.16. The number of rotatable bonds is 7.